The molecule has 4 heteroatoms. The van der Waals surface area contributed by atoms with Gasteiger partial charge in [-0.05, 0) is 69.5 Å². The maximum absolute atomic E-state index is 12.0. The molecule has 120 valence electrons. The van der Waals surface area contributed by atoms with Gasteiger partial charge in [-0.1, -0.05) is 0 Å². The van der Waals surface area contributed by atoms with Gasteiger partial charge in [0, 0.05) is 37.4 Å². The van der Waals surface area contributed by atoms with Crippen molar-refractivity contribution in [3.05, 3.63) is 24.3 Å². The van der Waals surface area contributed by atoms with E-state index in [4.69, 9.17) is 0 Å². The molecule has 0 unspecified atom stereocenters. The zero-order valence-corrected chi connectivity index (χ0v) is 13.4. The third kappa shape index (κ3) is 4.23. The van der Waals surface area contributed by atoms with Crippen molar-refractivity contribution in [3.63, 3.8) is 0 Å². The fraction of sp³-hybridized carbons (Fsp3) is 0.611. The number of amides is 1. The quantitative estimate of drug-likeness (QED) is 0.908. The van der Waals surface area contributed by atoms with Crippen LogP contribution in [0.3, 0.4) is 0 Å². The zero-order valence-electron chi connectivity index (χ0n) is 13.4. The van der Waals surface area contributed by atoms with Crippen LogP contribution in [0.5, 0.6) is 0 Å². The lowest BCUT2D eigenvalue weighted by atomic mass is 10.1. The predicted octanol–water partition coefficient (Wildman–Crippen LogP) is 3.10. The second-order valence-corrected chi connectivity index (χ2v) is 6.44. The molecule has 2 heterocycles. The van der Waals surface area contributed by atoms with Crippen LogP contribution in [-0.2, 0) is 4.79 Å². The van der Waals surface area contributed by atoms with Gasteiger partial charge in [0.1, 0.15) is 0 Å². The Bertz CT molecular complexity index is 474. The van der Waals surface area contributed by atoms with Gasteiger partial charge in [-0.25, -0.2) is 0 Å². The van der Waals surface area contributed by atoms with Crippen molar-refractivity contribution in [1.29, 1.82) is 0 Å². The third-order valence-corrected chi connectivity index (χ3v) is 4.73. The van der Waals surface area contributed by atoms with E-state index in [1.165, 1.54) is 37.8 Å². The highest BCUT2D eigenvalue weighted by atomic mass is 16.1. The summed E-state index contributed by atoms with van der Waals surface area (Å²) in [6.45, 7) is 5.50. The van der Waals surface area contributed by atoms with Gasteiger partial charge in [0.2, 0.25) is 5.91 Å². The molecule has 1 amide bonds. The number of likely N-dealkylation sites (tertiary alicyclic amines) is 1. The molecule has 0 bridgehead atoms. The number of hydrogen-bond donors (Lipinski definition) is 1. The van der Waals surface area contributed by atoms with Crippen LogP contribution in [-0.4, -0.2) is 43.5 Å². The summed E-state index contributed by atoms with van der Waals surface area (Å²) >= 11 is 0. The normalized spacial score (nSPS) is 19.4. The van der Waals surface area contributed by atoms with E-state index in [1.807, 2.05) is 12.1 Å². The number of rotatable bonds is 5. The molecule has 1 aromatic rings. The molecule has 0 aliphatic carbocycles. The minimum absolute atomic E-state index is 0.123. The van der Waals surface area contributed by atoms with Crippen LogP contribution in [0, 0.1) is 0 Å². The highest BCUT2D eigenvalue weighted by molar-refractivity contribution is 5.91. The van der Waals surface area contributed by atoms with Crippen molar-refractivity contribution in [3.8, 4) is 0 Å². The standard InChI is InChI=1S/C18H27N3O/c22-18(10-15-20-11-4-5-12-20)19-16-6-8-17(9-7-16)21-13-2-1-3-14-21/h6-9H,1-5,10-15H2,(H,19,22). The first kappa shape index (κ1) is 15.3. The van der Waals surface area contributed by atoms with Crippen molar-refractivity contribution in [2.24, 2.45) is 0 Å². The number of piperidine rings is 1. The fourth-order valence-electron chi connectivity index (χ4n) is 3.40. The number of carbonyl (C=O) groups is 1. The van der Waals surface area contributed by atoms with Crippen molar-refractivity contribution >= 4 is 17.3 Å². The highest BCUT2D eigenvalue weighted by Gasteiger charge is 2.13. The van der Waals surface area contributed by atoms with Gasteiger partial charge in [-0.15, -0.1) is 0 Å². The number of nitrogens with one attached hydrogen (secondary N) is 1. The lowest BCUT2D eigenvalue weighted by Crippen LogP contribution is -2.29. The summed E-state index contributed by atoms with van der Waals surface area (Å²) in [7, 11) is 0. The summed E-state index contributed by atoms with van der Waals surface area (Å²) in [5.74, 6) is 0.123. The maximum Gasteiger partial charge on any atom is 0.225 e. The minimum atomic E-state index is 0.123. The third-order valence-electron chi connectivity index (χ3n) is 4.73. The maximum atomic E-state index is 12.0. The van der Waals surface area contributed by atoms with E-state index in [0.717, 1.165) is 38.4 Å². The average molecular weight is 301 g/mol. The second-order valence-electron chi connectivity index (χ2n) is 6.44. The highest BCUT2D eigenvalue weighted by Crippen LogP contribution is 2.21. The Morgan fingerprint density at radius 3 is 2.23 bits per heavy atom. The predicted molar refractivity (Wildman–Crippen MR) is 91.4 cm³/mol. The number of anilines is 2. The van der Waals surface area contributed by atoms with E-state index in [-0.39, 0.29) is 5.91 Å². The molecule has 0 saturated carbocycles. The molecule has 0 aromatic heterocycles. The molecular formula is C18H27N3O. The first-order chi connectivity index (χ1) is 10.8. The molecule has 4 nitrogen and oxygen atoms in total. The molecule has 2 aliphatic heterocycles. The van der Waals surface area contributed by atoms with Crippen LogP contribution in [0.25, 0.3) is 0 Å². The van der Waals surface area contributed by atoms with Crippen LogP contribution in [0.15, 0.2) is 24.3 Å². The monoisotopic (exact) mass is 301 g/mol. The van der Waals surface area contributed by atoms with Crippen LogP contribution in [0.4, 0.5) is 11.4 Å². The smallest absolute Gasteiger partial charge is 0.225 e. The molecule has 0 spiro atoms. The van der Waals surface area contributed by atoms with E-state index in [1.54, 1.807) is 0 Å². The van der Waals surface area contributed by atoms with Crippen molar-refractivity contribution in [2.45, 2.75) is 38.5 Å². The molecular weight excluding hydrogens is 274 g/mol. The Morgan fingerprint density at radius 1 is 0.909 bits per heavy atom. The summed E-state index contributed by atoms with van der Waals surface area (Å²) in [4.78, 5) is 16.8. The van der Waals surface area contributed by atoms with Crippen LogP contribution < -0.4 is 10.2 Å². The number of nitrogens with zero attached hydrogens (tertiary/aromatic N) is 2. The topological polar surface area (TPSA) is 35.6 Å². The summed E-state index contributed by atoms with van der Waals surface area (Å²) in [6.07, 6.45) is 7.07. The molecule has 1 N–H and O–H groups in total. The van der Waals surface area contributed by atoms with Crippen molar-refractivity contribution in [2.75, 3.05) is 42.9 Å². The Hall–Kier alpha value is -1.55. The molecule has 0 radical (unpaired) electrons. The second kappa shape index (κ2) is 7.63. The van der Waals surface area contributed by atoms with E-state index in [9.17, 15) is 4.79 Å². The largest absolute Gasteiger partial charge is 0.372 e. The molecule has 1 aromatic carbocycles. The van der Waals surface area contributed by atoms with Crippen LogP contribution in [0.1, 0.15) is 38.5 Å². The Labute approximate surface area is 133 Å². The van der Waals surface area contributed by atoms with Gasteiger partial charge in [0.15, 0.2) is 0 Å². The fourth-order valence-corrected chi connectivity index (χ4v) is 3.40. The molecule has 2 fully saturated rings. The number of benzene rings is 1. The zero-order chi connectivity index (χ0) is 15.2. The minimum Gasteiger partial charge on any atom is -0.372 e. The first-order valence-corrected chi connectivity index (χ1v) is 8.68. The van der Waals surface area contributed by atoms with Gasteiger partial charge in [0.05, 0.1) is 0 Å². The van der Waals surface area contributed by atoms with Crippen LogP contribution in [0.2, 0.25) is 0 Å². The SMILES string of the molecule is O=C(CCN1CCCC1)Nc1ccc(N2CCCCC2)cc1. The summed E-state index contributed by atoms with van der Waals surface area (Å²) < 4.78 is 0. The molecule has 0 atom stereocenters. The van der Waals surface area contributed by atoms with Gasteiger partial charge < -0.3 is 15.1 Å². The van der Waals surface area contributed by atoms with Gasteiger partial charge in [-0.3, -0.25) is 4.79 Å². The lowest BCUT2D eigenvalue weighted by molar-refractivity contribution is -0.116. The van der Waals surface area contributed by atoms with E-state index >= 15 is 0 Å². The Morgan fingerprint density at radius 2 is 1.55 bits per heavy atom. The van der Waals surface area contributed by atoms with E-state index < -0.39 is 0 Å². The van der Waals surface area contributed by atoms with Crippen molar-refractivity contribution in [1.82, 2.24) is 4.90 Å². The number of carbonyl (C=O) groups excluding carboxylic acids is 1. The Kier molecular flexibility index (Phi) is 5.33. The molecule has 22 heavy (non-hydrogen) atoms. The summed E-state index contributed by atoms with van der Waals surface area (Å²) in [6, 6.07) is 8.30. The van der Waals surface area contributed by atoms with Crippen molar-refractivity contribution < 1.29 is 4.79 Å². The van der Waals surface area contributed by atoms with E-state index in [2.05, 4.69) is 27.2 Å². The lowest BCUT2D eigenvalue weighted by Gasteiger charge is -2.28. The van der Waals surface area contributed by atoms with Gasteiger partial charge in [-0.2, -0.15) is 0 Å². The Balaban J connectivity index is 1.46. The molecule has 2 saturated heterocycles. The van der Waals surface area contributed by atoms with Gasteiger partial charge in [0.25, 0.3) is 0 Å². The average Bonchev–Trinajstić information content (AvgIpc) is 3.08. The summed E-state index contributed by atoms with van der Waals surface area (Å²) in [5.41, 5.74) is 2.18. The molecule has 2 aliphatic rings. The summed E-state index contributed by atoms with van der Waals surface area (Å²) in [5, 5.41) is 3.01. The first-order valence-electron chi connectivity index (χ1n) is 8.68. The number of hydrogen-bond acceptors (Lipinski definition) is 3. The van der Waals surface area contributed by atoms with Crippen LogP contribution >= 0.6 is 0 Å². The van der Waals surface area contributed by atoms with Gasteiger partial charge >= 0.3 is 0 Å². The van der Waals surface area contributed by atoms with E-state index in [0.29, 0.717) is 6.42 Å². The molecule has 3 rings (SSSR count).